The van der Waals surface area contributed by atoms with E-state index in [9.17, 15) is 0 Å². The maximum absolute atomic E-state index is 7.75. The van der Waals surface area contributed by atoms with Gasteiger partial charge in [-0.3, -0.25) is 11.7 Å². The van der Waals surface area contributed by atoms with Crippen LogP contribution in [-0.4, -0.2) is 18.3 Å². The molecule has 0 saturated heterocycles. The highest BCUT2D eigenvalue weighted by Gasteiger charge is 1.56. The smallest absolute Gasteiger partial charge is 0.0553 e. The first-order valence-corrected chi connectivity index (χ1v) is 1.56. The molecule has 40 valence electrons. The molecule has 0 atom stereocenters. The Hall–Kier alpha value is -0.160. The number of aliphatic hydroxyl groups excluding tert-OH is 1. The Morgan fingerprint density at radius 2 is 1.50 bits per heavy atom. The molecule has 0 fully saturated rings. The summed E-state index contributed by atoms with van der Waals surface area (Å²) in [6.07, 6.45) is 0. The normalized spacial score (nSPS) is 6.00. The molecule has 0 radical (unpaired) electrons. The molecule has 0 aromatic carbocycles. The number of aliphatic hydroxyl groups is 1. The van der Waals surface area contributed by atoms with E-state index in [0.29, 0.717) is 6.54 Å². The fourth-order valence-corrected chi connectivity index (χ4v) is 0. The lowest BCUT2D eigenvalue weighted by molar-refractivity contribution is 0.306. The Balaban J connectivity index is 0. The van der Waals surface area contributed by atoms with Crippen molar-refractivity contribution in [3.05, 3.63) is 0 Å². The molecule has 6 heavy (non-hydrogen) atoms. The van der Waals surface area contributed by atoms with Crippen LogP contribution in [-0.2, 0) is 0 Å². The molecule has 0 rings (SSSR count). The fourth-order valence-electron chi connectivity index (χ4n) is 0. The number of hydrogen-bond acceptors (Lipinski definition) is 4. The van der Waals surface area contributed by atoms with Crippen molar-refractivity contribution in [3.8, 4) is 0 Å². The van der Waals surface area contributed by atoms with Gasteiger partial charge in [0.1, 0.15) is 0 Å². The van der Waals surface area contributed by atoms with Gasteiger partial charge in [0.2, 0.25) is 0 Å². The van der Waals surface area contributed by atoms with Crippen LogP contribution < -0.4 is 17.4 Å². The van der Waals surface area contributed by atoms with E-state index >= 15 is 0 Å². The van der Waals surface area contributed by atoms with Crippen LogP contribution in [0.1, 0.15) is 0 Å². The van der Waals surface area contributed by atoms with Gasteiger partial charge in [-0.25, -0.2) is 0 Å². The van der Waals surface area contributed by atoms with E-state index < -0.39 is 0 Å². The van der Waals surface area contributed by atoms with Gasteiger partial charge in [-0.05, 0) is 0 Å². The van der Waals surface area contributed by atoms with Crippen molar-refractivity contribution in [2.24, 2.45) is 17.4 Å². The summed E-state index contributed by atoms with van der Waals surface area (Å²) in [4.78, 5) is 0. The lowest BCUT2D eigenvalue weighted by Gasteiger charge is -1.71. The van der Waals surface area contributed by atoms with Gasteiger partial charge in [0.25, 0.3) is 0 Å². The zero-order valence-electron chi connectivity index (χ0n) is 3.59. The van der Waals surface area contributed by atoms with Crippen molar-refractivity contribution in [1.82, 2.24) is 0 Å². The second kappa shape index (κ2) is 21.1. The number of nitrogens with two attached hydrogens (primary N) is 3. The van der Waals surface area contributed by atoms with E-state index in [1.165, 1.54) is 0 Å². The van der Waals surface area contributed by atoms with E-state index in [-0.39, 0.29) is 6.61 Å². The third-order valence-electron chi connectivity index (χ3n) is 0.129. The minimum atomic E-state index is 0.0972. The summed E-state index contributed by atoms with van der Waals surface area (Å²) in [5, 5.41) is 7.75. The van der Waals surface area contributed by atoms with Crippen LogP contribution in [0.2, 0.25) is 0 Å². The number of rotatable bonds is 1. The van der Waals surface area contributed by atoms with E-state index in [1.54, 1.807) is 0 Å². The Kier molecular flexibility index (Phi) is 32.6. The van der Waals surface area contributed by atoms with E-state index in [2.05, 4.69) is 11.7 Å². The quantitative estimate of drug-likeness (QED) is 0.217. The molecule has 0 aliphatic rings. The third kappa shape index (κ3) is 43.9. The Morgan fingerprint density at radius 1 is 1.33 bits per heavy atom. The van der Waals surface area contributed by atoms with Gasteiger partial charge in [-0.2, -0.15) is 0 Å². The summed E-state index contributed by atoms with van der Waals surface area (Å²) in [6, 6.07) is 0. The lowest BCUT2D eigenvalue weighted by Crippen LogP contribution is -2.02. The first-order chi connectivity index (χ1) is 2.91. The zero-order chi connectivity index (χ0) is 5.41. The van der Waals surface area contributed by atoms with Crippen molar-refractivity contribution in [2.45, 2.75) is 0 Å². The second-order valence-electron chi connectivity index (χ2n) is 0.512. The van der Waals surface area contributed by atoms with Gasteiger partial charge in [0.05, 0.1) is 6.61 Å². The molecule has 0 aromatic rings. The highest BCUT2D eigenvalue weighted by Crippen LogP contribution is 1.33. The summed E-state index contributed by atoms with van der Waals surface area (Å²) in [7, 11) is 0. The SMILES string of the molecule is NCCO.NN. The molecule has 0 aromatic heterocycles. The van der Waals surface area contributed by atoms with Gasteiger partial charge < -0.3 is 10.8 Å². The summed E-state index contributed by atoms with van der Waals surface area (Å²) in [5.74, 6) is 8.00. The average molecular weight is 93.1 g/mol. The fraction of sp³-hybridized carbons (Fsp3) is 1.00. The molecule has 0 aliphatic carbocycles. The molecule has 7 N–H and O–H groups in total. The summed E-state index contributed by atoms with van der Waals surface area (Å²) in [6.45, 7) is 0.472. The maximum atomic E-state index is 7.75. The van der Waals surface area contributed by atoms with Crippen molar-refractivity contribution in [1.29, 1.82) is 0 Å². The van der Waals surface area contributed by atoms with Crippen molar-refractivity contribution >= 4 is 0 Å². The van der Waals surface area contributed by atoms with Crippen molar-refractivity contribution < 1.29 is 5.11 Å². The van der Waals surface area contributed by atoms with Crippen LogP contribution in [0, 0.1) is 0 Å². The molecular formula is C2H11N3O. The van der Waals surface area contributed by atoms with Crippen LogP contribution in [0.5, 0.6) is 0 Å². The largest absolute Gasteiger partial charge is 0.395 e. The lowest BCUT2D eigenvalue weighted by atomic mass is 10.8. The number of hydrazine groups is 1. The summed E-state index contributed by atoms with van der Waals surface area (Å²) in [5.41, 5.74) is 4.78. The molecular weight excluding hydrogens is 82.0 g/mol. The van der Waals surface area contributed by atoms with Gasteiger partial charge in [0.15, 0.2) is 0 Å². The van der Waals surface area contributed by atoms with Gasteiger partial charge in [-0.15, -0.1) is 0 Å². The highest BCUT2D eigenvalue weighted by molar-refractivity contribution is 4.17. The Bertz CT molecular complexity index is 10.8. The topological polar surface area (TPSA) is 98.3 Å². The minimum Gasteiger partial charge on any atom is -0.395 e. The Labute approximate surface area is 36.9 Å². The molecule has 0 bridgehead atoms. The van der Waals surface area contributed by atoms with Crippen LogP contribution in [0.3, 0.4) is 0 Å². The maximum Gasteiger partial charge on any atom is 0.0553 e. The number of hydrogen-bond donors (Lipinski definition) is 4. The van der Waals surface area contributed by atoms with Crippen molar-refractivity contribution in [2.75, 3.05) is 13.2 Å². The van der Waals surface area contributed by atoms with Gasteiger partial charge in [-0.1, -0.05) is 0 Å². The Morgan fingerprint density at radius 3 is 1.50 bits per heavy atom. The van der Waals surface area contributed by atoms with E-state index in [4.69, 9.17) is 10.8 Å². The molecule has 0 unspecified atom stereocenters. The highest BCUT2D eigenvalue weighted by atomic mass is 16.3. The first kappa shape index (κ1) is 9.28. The predicted molar refractivity (Wildman–Crippen MR) is 24.5 cm³/mol. The van der Waals surface area contributed by atoms with Crippen LogP contribution in [0.15, 0.2) is 0 Å². The minimum absolute atomic E-state index is 0.0972. The molecule has 0 saturated carbocycles. The zero-order valence-corrected chi connectivity index (χ0v) is 3.59. The molecule has 0 heterocycles. The molecule has 0 aliphatic heterocycles. The second-order valence-corrected chi connectivity index (χ2v) is 0.512. The third-order valence-corrected chi connectivity index (χ3v) is 0.129. The van der Waals surface area contributed by atoms with Gasteiger partial charge >= 0.3 is 0 Å². The predicted octanol–water partition coefficient (Wildman–Crippen LogP) is -2.24. The molecule has 4 heteroatoms. The van der Waals surface area contributed by atoms with E-state index in [0.717, 1.165) is 0 Å². The monoisotopic (exact) mass is 93.1 g/mol. The van der Waals surface area contributed by atoms with Crippen LogP contribution in [0.25, 0.3) is 0 Å². The van der Waals surface area contributed by atoms with Crippen molar-refractivity contribution in [3.63, 3.8) is 0 Å². The average Bonchev–Trinajstić information content (AvgIpc) is 1.72. The standard InChI is InChI=1S/C2H7NO.H4N2/c3-1-2-4;1-2/h4H,1-3H2;1-2H2. The molecule has 0 amide bonds. The van der Waals surface area contributed by atoms with E-state index in [1.807, 2.05) is 0 Å². The first-order valence-electron chi connectivity index (χ1n) is 1.56. The molecule has 4 nitrogen and oxygen atoms in total. The van der Waals surface area contributed by atoms with Gasteiger partial charge in [0, 0.05) is 6.54 Å². The van der Waals surface area contributed by atoms with Crippen LogP contribution in [0.4, 0.5) is 0 Å². The molecule has 0 spiro atoms. The van der Waals surface area contributed by atoms with Crippen LogP contribution >= 0.6 is 0 Å². The summed E-state index contributed by atoms with van der Waals surface area (Å²) < 4.78 is 0. The summed E-state index contributed by atoms with van der Waals surface area (Å²) >= 11 is 0.